The van der Waals surface area contributed by atoms with Gasteiger partial charge >= 0.3 is 0 Å². The Hall–Kier alpha value is -3.03. The minimum Gasteiger partial charge on any atom is -0.339 e. The van der Waals surface area contributed by atoms with Crippen LogP contribution in [-0.2, 0) is 11.2 Å². The Morgan fingerprint density at radius 1 is 1.07 bits per heavy atom. The van der Waals surface area contributed by atoms with Crippen LogP contribution < -0.4 is 10.6 Å². The predicted molar refractivity (Wildman–Crippen MR) is 106 cm³/mol. The molecule has 0 radical (unpaired) electrons. The zero-order chi connectivity index (χ0) is 19.2. The summed E-state index contributed by atoms with van der Waals surface area (Å²) < 4.78 is 0. The number of benzene rings is 2. The van der Waals surface area contributed by atoms with E-state index in [1.54, 1.807) is 48.5 Å². The minimum absolute atomic E-state index is 0.0680. The van der Waals surface area contributed by atoms with Crippen LogP contribution in [0.15, 0.2) is 59.9 Å². The van der Waals surface area contributed by atoms with Gasteiger partial charge in [0.1, 0.15) is 10.7 Å². The van der Waals surface area contributed by atoms with Crippen molar-refractivity contribution in [2.45, 2.75) is 6.42 Å². The van der Waals surface area contributed by atoms with E-state index in [-0.39, 0.29) is 23.3 Å². The molecule has 9 heteroatoms. The van der Waals surface area contributed by atoms with E-state index in [0.29, 0.717) is 27.8 Å². The third-order valence-electron chi connectivity index (χ3n) is 3.50. The van der Waals surface area contributed by atoms with Crippen LogP contribution in [0, 0.1) is 4.91 Å². The van der Waals surface area contributed by atoms with E-state index in [1.165, 1.54) is 6.20 Å². The highest BCUT2D eigenvalue weighted by molar-refractivity contribution is 6.33. The number of anilines is 3. The second kappa shape index (κ2) is 8.57. The van der Waals surface area contributed by atoms with Gasteiger partial charge in [0.05, 0.1) is 12.6 Å². The molecule has 0 aliphatic rings. The van der Waals surface area contributed by atoms with Crippen molar-refractivity contribution < 1.29 is 4.79 Å². The van der Waals surface area contributed by atoms with Crippen molar-refractivity contribution >= 4 is 52.0 Å². The molecule has 1 aromatic heterocycles. The Bertz CT molecular complexity index is 997. The Kier molecular flexibility index (Phi) is 5.95. The number of carbonyl (C=O) groups is 1. The first-order chi connectivity index (χ1) is 13.0. The Morgan fingerprint density at radius 3 is 2.67 bits per heavy atom. The molecule has 2 N–H and O–H groups in total. The van der Waals surface area contributed by atoms with Crippen LogP contribution in [0.4, 0.5) is 22.9 Å². The second-order valence-corrected chi connectivity index (χ2v) is 6.27. The maximum absolute atomic E-state index is 12.3. The first-order valence-corrected chi connectivity index (χ1v) is 8.56. The van der Waals surface area contributed by atoms with Gasteiger partial charge < -0.3 is 10.6 Å². The highest BCUT2D eigenvalue weighted by Gasteiger charge is 2.08. The molecule has 0 fully saturated rings. The number of aromatic nitrogens is 2. The van der Waals surface area contributed by atoms with Crippen molar-refractivity contribution in [3.8, 4) is 0 Å². The first kappa shape index (κ1) is 18.8. The molecule has 0 bridgehead atoms. The zero-order valence-corrected chi connectivity index (χ0v) is 15.3. The van der Waals surface area contributed by atoms with E-state index in [1.807, 2.05) is 0 Å². The van der Waals surface area contributed by atoms with Gasteiger partial charge in [-0.3, -0.25) is 4.79 Å². The molecule has 136 valence electrons. The fourth-order valence-corrected chi connectivity index (χ4v) is 2.63. The van der Waals surface area contributed by atoms with Crippen molar-refractivity contribution in [3.05, 3.63) is 75.5 Å². The van der Waals surface area contributed by atoms with Crippen LogP contribution in [0.5, 0.6) is 0 Å². The van der Waals surface area contributed by atoms with Gasteiger partial charge in [0.2, 0.25) is 11.2 Å². The lowest BCUT2D eigenvalue weighted by Crippen LogP contribution is -2.14. The van der Waals surface area contributed by atoms with Crippen LogP contribution in [0.3, 0.4) is 0 Å². The quantitative estimate of drug-likeness (QED) is 0.441. The Morgan fingerprint density at radius 2 is 1.85 bits per heavy atom. The predicted octanol–water partition coefficient (Wildman–Crippen LogP) is 5.11. The van der Waals surface area contributed by atoms with Gasteiger partial charge in [-0.15, -0.1) is 4.91 Å². The summed E-state index contributed by atoms with van der Waals surface area (Å²) in [6.45, 7) is 0. The van der Waals surface area contributed by atoms with Crippen LogP contribution in [0.25, 0.3) is 0 Å². The van der Waals surface area contributed by atoms with Crippen LogP contribution >= 0.6 is 23.2 Å². The van der Waals surface area contributed by atoms with Gasteiger partial charge in [-0.1, -0.05) is 29.8 Å². The smallest absolute Gasteiger partial charge is 0.228 e. The third-order valence-corrected chi connectivity index (χ3v) is 3.96. The van der Waals surface area contributed by atoms with Gasteiger partial charge in [-0.2, -0.15) is 4.98 Å². The first-order valence-electron chi connectivity index (χ1n) is 7.81. The maximum Gasteiger partial charge on any atom is 0.228 e. The summed E-state index contributed by atoms with van der Waals surface area (Å²) in [6.07, 6.45) is 1.52. The fourth-order valence-electron chi connectivity index (χ4n) is 2.36. The van der Waals surface area contributed by atoms with Crippen molar-refractivity contribution in [2.24, 2.45) is 5.18 Å². The van der Waals surface area contributed by atoms with E-state index in [4.69, 9.17) is 23.2 Å². The largest absolute Gasteiger partial charge is 0.339 e. The van der Waals surface area contributed by atoms with Crippen molar-refractivity contribution in [2.75, 3.05) is 10.6 Å². The summed E-state index contributed by atoms with van der Waals surface area (Å²) in [5, 5.41) is 9.08. The summed E-state index contributed by atoms with van der Waals surface area (Å²) in [4.78, 5) is 30.6. The minimum atomic E-state index is -0.224. The summed E-state index contributed by atoms with van der Waals surface area (Å²) in [5.74, 6) is 0.136. The SMILES string of the molecule is O=Nc1cccc(CC(=O)Nc2cccc(Nc3nc(Cl)ncc3Cl)c2)c1. The average molecular weight is 402 g/mol. The van der Waals surface area contributed by atoms with Crippen LogP contribution in [0.1, 0.15) is 5.56 Å². The molecule has 0 saturated heterocycles. The standard InChI is InChI=1S/C18H13Cl2N5O2/c19-15-10-21-18(20)24-17(15)23-13-5-2-4-12(9-13)22-16(26)8-11-3-1-6-14(7-11)25-27/h1-7,9-10H,8H2,(H,22,26)(H,21,23,24). The van der Waals surface area contributed by atoms with Crippen molar-refractivity contribution in [3.63, 3.8) is 0 Å². The molecule has 2 aromatic carbocycles. The van der Waals surface area contributed by atoms with Crippen LogP contribution in [-0.4, -0.2) is 15.9 Å². The van der Waals surface area contributed by atoms with E-state index in [2.05, 4.69) is 25.8 Å². The molecule has 7 nitrogen and oxygen atoms in total. The lowest BCUT2D eigenvalue weighted by atomic mass is 10.1. The molecule has 3 rings (SSSR count). The number of halogens is 2. The number of hydrogen-bond acceptors (Lipinski definition) is 6. The third kappa shape index (κ3) is 5.22. The van der Waals surface area contributed by atoms with Gasteiger partial charge in [-0.25, -0.2) is 4.98 Å². The summed E-state index contributed by atoms with van der Waals surface area (Å²) >= 11 is 11.8. The lowest BCUT2D eigenvalue weighted by Gasteiger charge is -2.10. The Labute approximate surface area is 164 Å². The molecule has 0 atom stereocenters. The van der Waals surface area contributed by atoms with Gasteiger partial charge in [0, 0.05) is 11.4 Å². The zero-order valence-electron chi connectivity index (χ0n) is 13.8. The van der Waals surface area contributed by atoms with Crippen molar-refractivity contribution in [1.82, 2.24) is 9.97 Å². The number of rotatable bonds is 6. The number of hydrogen-bond donors (Lipinski definition) is 2. The molecule has 27 heavy (non-hydrogen) atoms. The number of carbonyl (C=O) groups excluding carboxylic acids is 1. The van der Waals surface area contributed by atoms with E-state index in [0.717, 1.165) is 0 Å². The topological polar surface area (TPSA) is 96.3 Å². The summed E-state index contributed by atoms with van der Waals surface area (Å²) in [5.41, 5.74) is 2.23. The summed E-state index contributed by atoms with van der Waals surface area (Å²) in [7, 11) is 0. The second-order valence-electron chi connectivity index (χ2n) is 5.53. The van der Waals surface area contributed by atoms with Crippen molar-refractivity contribution in [1.29, 1.82) is 0 Å². The molecular formula is C18H13Cl2N5O2. The highest BCUT2D eigenvalue weighted by Crippen LogP contribution is 2.25. The molecule has 1 heterocycles. The number of nitrogens with zero attached hydrogens (tertiary/aromatic N) is 3. The lowest BCUT2D eigenvalue weighted by molar-refractivity contribution is -0.115. The van der Waals surface area contributed by atoms with Gasteiger partial charge in [0.15, 0.2) is 5.82 Å². The van der Waals surface area contributed by atoms with E-state index < -0.39 is 0 Å². The number of nitroso groups, excluding NO2 is 1. The Balaban J connectivity index is 1.69. The molecule has 0 spiro atoms. The fraction of sp³-hybridized carbons (Fsp3) is 0.0556. The average Bonchev–Trinajstić information content (AvgIpc) is 2.65. The molecular weight excluding hydrogens is 389 g/mol. The number of nitrogens with one attached hydrogen (secondary N) is 2. The van der Waals surface area contributed by atoms with Gasteiger partial charge in [-0.05, 0) is 52.7 Å². The highest BCUT2D eigenvalue weighted by atomic mass is 35.5. The van der Waals surface area contributed by atoms with Crippen LogP contribution in [0.2, 0.25) is 10.3 Å². The van der Waals surface area contributed by atoms with E-state index >= 15 is 0 Å². The molecule has 0 aliphatic heterocycles. The monoisotopic (exact) mass is 401 g/mol. The summed E-state index contributed by atoms with van der Waals surface area (Å²) in [6, 6.07) is 13.6. The molecule has 1 amide bonds. The molecule has 0 aliphatic carbocycles. The normalized spacial score (nSPS) is 10.3. The van der Waals surface area contributed by atoms with Gasteiger partial charge in [0.25, 0.3) is 0 Å². The molecule has 3 aromatic rings. The van der Waals surface area contributed by atoms with E-state index in [9.17, 15) is 9.70 Å². The molecule has 0 unspecified atom stereocenters. The maximum atomic E-state index is 12.3. The molecule has 0 saturated carbocycles. The number of amides is 1.